The van der Waals surface area contributed by atoms with Crippen LogP contribution < -0.4 is 0 Å². The molecule has 9 heavy (non-hydrogen) atoms. The number of rotatable bonds is 1. The van der Waals surface area contributed by atoms with Crippen LogP contribution in [0.4, 0.5) is 0 Å². The molecule has 0 aromatic rings. The van der Waals surface area contributed by atoms with Crippen molar-refractivity contribution in [1.29, 1.82) is 0 Å². The quantitative estimate of drug-likeness (QED) is 0.529. The molecule has 1 N–H and O–H groups in total. The van der Waals surface area contributed by atoms with E-state index in [1.54, 1.807) is 0 Å². The maximum absolute atomic E-state index is 9.52. The Hall–Kier alpha value is 0.270. The van der Waals surface area contributed by atoms with Crippen molar-refractivity contribution in [3.8, 4) is 0 Å². The number of hydrogen-bond donors (Lipinski definition) is 2. The number of ether oxygens (including phenoxy) is 1. The second-order valence-electron chi connectivity index (χ2n) is 2.49. The van der Waals surface area contributed by atoms with E-state index in [9.17, 15) is 5.11 Å². The molecule has 1 heterocycles. The van der Waals surface area contributed by atoms with Gasteiger partial charge in [0.1, 0.15) is 0 Å². The predicted octanol–water partition coefficient (Wildman–Crippen LogP) is 0.458. The number of hydrogen-bond acceptors (Lipinski definition) is 3. The van der Waals surface area contributed by atoms with E-state index in [2.05, 4.69) is 12.6 Å². The van der Waals surface area contributed by atoms with Gasteiger partial charge in [0.05, 0.1) is 5.60 Å². The minimum Gasteiger partial charge on any atom is -0.389 e. The lowest BCUT2D eigenvalue weighted by molar-refractivity contribution is -0.0474. The summed E-state index contributed by atoms with van der Waals surface area (Å²) in [6, 6.07) is 0. The first kappa shape index (κ1) is 7.38. The summed E-state index contributed by atoms with van der Waals surface area (Å²) in [4.78, 5) is 0. The van der Waals surface area contributed by atoms with Crippen LogP contribution in [0.15, 0.2) is 0 Å². The molecule has 3 heteroatoms. The van der Waals surface area contributed by atoms with E-state index in [-0.39, 0.29) is 0 Å². The van der Waals surface area contributed by atoms with Gasteiger partial charge in [-0.25, -0.2) is 0 Å². The molecule has 54 valence electrons. The molecule has 0 saturated carbocycles. The Morgan fingerprint density at radius 2 is 2.00 bits per heavy atom. The van der Waals surface area contributed by atoms with Crippen LogP contribution >= 0.6 is 12.6 Å². The Morgan fingerprint density at radius 3 is 2.33 bits per heavy atom. The summed E-state index contributed by atoms with van der Waals surface area (Å²) in [6.07, 6.45) is 1.47. The Labute approximate surface area is 60.6 Å². The van der Waals surface area contributed by atoms with Gasteiger partial charge in [-0.2, -0.15) is 12.6 Å². The fourth-order valence-electron chi connectivity index (χ4n) is 0.909. The summed E-state index contributed by atoms with van der Waals surface area (Å²) >= 11 is 4.04. The zero-order valence-corrected chi connectivity index (χ0v) is 6.23. The van der Waals surface area contributed by atoms with Crippen molar-refractivity contribution in [2.75, 3.05) is 19.0 Å². The fraction of sp³-hybridized carbons (Fsp3) is 1.00. The first-order valence-corrected chi connectivity index (χ1v) is 3.81. The molecule has 0 amide bonds. The maximum Gasteiger partial charge on any atom is 0.0779 e. The third-order valence-corrected chi connectivity index (χ3v) is 2.31. The minimum atomic E-state index is -0.540. The van der Waals surface area contributed by atoms with E-state index >= 15 is 0 Å². The monoisotopic (exact) mass is 148 g/mol. The molecular weight excluding hydrogens is 136 g/mol. The van der Waals surface area contributed by atoms with E-state index in [1.807, 2.05) is 0 Å². The van der Waals surface area contributed by atoms with Gasteiger partial charge in [0, 0.05) is 31.8 Å². The van der Waals surface area contributed by atoms with Crippen molar-refractivity contribution in [3.63, 3.8) is 0 Å². The molecule has 0 aliphatic carbocycles. The zero-order valence-electron chi connectivity index (χ0n) is 5.34. The van der Waals surface area contributed by atoms with Gasteiger partial charge in [0.2, 0.25) is 0 Å². The van der Waals surface area contributed by atoms with Gasteiger partial charge < -0.3 is 9.84 Å². The Balaban J connectivity index is 2.37. The van der Waals surface area contributed by atoms with Crippen LogP contribution in [0.5, 0.6) is 0 Å². The maximum atomic E-state index is 9.52. The molecule has 0 radical (unpaired) electrons. The number of thiol groups is 1. The first-order chi connectivity index (χ1) is 4.27. The Kier molecular flexibility index (Phi) is 2.38. The van der Waals surface area contributed by atoms with E-state index in [4.69, 9.17) is 4.74 Å². The summed E-state index contributed by atoms with van der Waals surface area (Å²) in [7, 11) is 0. The highest BCUT2D eigenvalue weighted by Crippen LogP contribution is 2.20. The minimum absolute atomic E-state index is 0.540. The third-order valence-electron chi connectivity index (χ3n) is 1.72. The molecular formula is C6H12O2S. The van der Waals surface area contributed by atoms with Gasteiger partial charge in [-0.3, -0.25) is 0 Å². The van der Waals surface area contributed by atoms with Crippen LogP contribution in [0.2, 0.25) is 0 Å². The van der Waals surface area contributed by atoms with Crippen LogP contribution in [0, 0.1) is 0 Å². The largest absolute Gasteiger partial charge is 0.389 e. The molecule has 1 fully saturated rings. The van der Waals surface area contributed by atoms with E-state index in [0.717, 1.165) is 12.8 Å². The van der Waals surface area contributed by atoms with Crippen LogP contribution in [-0.4, -0.2) is 29.7 Å². The summed E-state index contributed by atoms with van der Waals surface area (Å²) in [6.45, 7) is 1.36. The Bertz CT molecular complexity index is 89.1. The van der Waals surface area contributed by atoms with E-state index in [0.29, 0.717) is 19.0 Å². The molecule has 1 aliphatic rings. The van der Waals surface area contributed by atoms with Crippen molar-refractivity contribution < 1.29 is 9.84 Å². The molecule has 0 spiro atoms. The molecule has 0 atom stereocenters. The normalized spacial score (nSPS) is 26.0. The highest BCUT2D eigenvalue weighted by atomic mass is 32.1. The molecule has 0 aromatic carbocycles. The van der Waals surface area contributed by atoms with Crippen LogP contribution in [-0.2, 0) is 4.74 Å². The fourth-order valence-corrected chi connectivity index (χ4v) is 1.23. The van der Waals surface area contributed by atoms with Crippen molar-refractivity contribution in [1.82, 2.24) is 0 Å². The van der Waals surface area contributed by atoms with Gasteiger partial charge in [-0.15, -0.1) is 0 Å². The van der Waals surface area contributed by atoms with Crippen molar-refractivity contribution in [2.24, 2.45) is 0 Å². The van der Waals surface area contributed by atoms with Crippen LogP contribution in [0.3, 0.4) is 0 Å². The molecule has 2 nitrogen and oxygen atoms in total. The van der Waals surface area contributed by atoms with Gasteiger partial charge in [-0.05, 0) is 0 Å². The lowest BCUT2D eigenvalue weighted by Gasteiger charge is -2.30. The second-order valence-corrected chi connectivity index (χ2v) is 2.81. The van der Waals surface area contributed by atoms with Gasteiger partial charge in [0.25, 0.3) is 0 Å². The first-order valence-electron chi connectivity index (χ1n) is 3.18. The molecule has 1 rings (SSSR count). The predicted molar refractivity (Wildman–Crippen MR) is 38.9 cm³/mol. The molecule has 0 unspecified atom stereocenters. The zero-order chi connectivity index (χ0) is 6.74. The molecule has 0 bridgehead atoms. The van der Waals surface area contributed by atoms with Gasteiger partial charge in [0.15, 0.2) is 0 Å². The van der Waals surface area contributed by atoms with E-state index < -0.39 is 5.60 Å². The summed E-state index contributed by atoms with van der Waals surface area (Å²) in [5.41, 5.74) is -0.540. The summed E-state index contributed by atoms with van der Waals surface area (Å²) in [5, 5.41) is 9.52. The molecule has 1 aliphatic heterocycles. The molecule has 0 aromatic heterocycles. The van der Waals surface area contributed by atoms with Gasteiger partial charge >= 0.3 is 0 Å². The molecule has 1 saturated heterocycles. The topological polar surface area (TPSA) is 29.5 Å². The van der Waals surface area contributed by atoms with Crippen LogP contribution in [0.25, 0.3) is 0 Å². The highest BCUT2D eigenvalue weighted by Gasteiger charge is 2.27. The smallest absolute Gasteiger partial charge is 0.0779 e. The summed E-state index contributed by atoms with van der Waals surface area (Å²) < 4.78 is 5.07. The van der Waals surface area contributed by atoms with E-state index in [1.165, 1.54) is 0 Å². The van der Waals surface area contributed by atoms with Gasteiger partial charge in [-0.1, -0.05) is 0 Å². The lowest BCUT2D eigenvalue weighted by Crippen LogP contribution is -2.37. The average Bonchev–Trinajstić information content (AvgIpc) is 1.90. The summed E-state index contributed by atoms with van der Waals surface area (Å²) in [5.74, 6) is 0.552. The SMILES string of the molecule is OC1(CS)CCOCC1. The highest BCUT2D eigenvalue weighted by molar-refractivity contribution is 7.80. The van der Waals surface area contributed by atoms with Crippen molar-refractivity contribution >= 4 is 12.6 Å². The lowest BCUT2D eigenvalue weighted by atomic mass is 9.97. The van der Waals surface area contributed by atoms with Crippen molar-refractivity contribution in [2.45, 2.75) is 18.4 Å². The average molecular weight is 148 g/mol. The van der Waals surface area contributed by atoms with Crippen molar-refractivity contribution in [3.05, 3.63) is 0 Å². The second kappa shape index (κ2) is 2.90. The third kappa shape index (κ3) is 1.85. The van der Waals surface area contributed by atoms with Crippen LogP contribution in [0.1, 0.15) is 12.8 Å². The Morgan fingerprint density at radius 1 is 1.44 bits per heavy atom. The number of aliphatic hydroxyl groups is 1. The standard InChI is InChI=1S/C6H12O2S/c7-6(5-9)1-3-8-4-2-6/h7,9H,1-5H2.